The van der Waals surface area contributed by atoms with Crippen molar-refractivity contribution in [3.8, 4) is 0 Å². The minimum Gasteiger partial charge on any atom is -0.349 e. The number of carbonyl (C=O) groups excluding carboxylic acids is 3. The number of rotatable bonds is 5. The molecule has 0 unspecified atom stereocenters. The van der Waals surface area contributed by atoms with Crippen LogP contribution in [0.4, 0.5) is 0 Å². The lowest BCUT2D eigenvalue weighted by Crippen LogP contribution is -2.35. The van der Waals surface area contributed by atoms with Gasteiger partial charge in [-0.05, 0) is 30.7 Å². The molecule has 6 heteroatoms. The van der Waals surface area contributed by atoms with Gasteiger partial charge in [0.2, 0.25) is 5.91 Å². The minimum absolute atomic E-state index is 0.0655. The maximum atomic E-state index is 12.2. The van der Waals surface area contributed by atoms with Crippen LogP contribution >= 0.6 is 0 Å². The van der Waals surface area contributed by atoms with Crippen molar-refractivity contribution in [2.45, 2.75) is 19.4 Å². The lowest BCUT2D eigenvalue weighted by Gasteiger charge is -2.16. The first-order chi connectivity index (χ1) is 11.6. The number of nitrogens with one attached hydrogen (secondary N) is 1. The van der Waals surface area contributed by atoms with E-state index in [1.54, 1.807) is 42.7 Å². The van der Waals surface area contributed by atoms with Crippen LogP contribution in [0, 0.1) is 0 Å². The van der Waals surface area contributed by atoms with E-state index >= 15 is 0 Å². The molecule has 2 aromatic rings. The van der Waals surface area contributed by atoms with Gasteiger partial charge in [-0.1, -0.05) is 18.2 Å². The largest absolute Gasteiger partial charge is 0.349 e. The van der Waals surface area contributed by atoms with Crippen LogP contribution in [0.3, 0.4) is 0 Å². The molecule has 0 aliphatic carbocycles. The molecule has 0 spiro atoms. The Bertz CT molecular complexity index is 754. The molecule has 1 aromatic heterocycles. The number of nitrogens with zero attached hydrogens (tertiary/aromatic N) is 2. The van der Waals surface area contributed by atoms with Crippen LogP contribution in [0.2, 0.25) is 0 Å². The summed E-state index contributed by atoms with van der Waals surface area (Å²) in [5.41, 5.74) is 1.69. The second-order valence-electron chi connectivity index (χ2n) is 5.63. The highest BCUT2D eigenvalue weighted by molar-refractivity contribution is 6.21. The summed E-state index contributed by atoms with van der Waals surface area (Å²) in [5.74, 6) is -0.907. The second-order valence-corrected chi connectivity index (χ2v) is 5.63. The number of benzene rings is 1. The van der Waals surface area contributed by atoms with Crippen molar-refractivity contribution in [2.75, 3.05) is 6.54 Å². The summed E-state index contributed by atoms with van der Waals surface area (Å²) in [6.07, 6.45) is 3.42. The highest BCUT2D eigenvalue weighted by Crippen LogP contribution is 2.22. The molecule has 0 bridgehead atoms. The monoisotopic (exact) mass is 323 g/mol. The van der Waals surface area contributed by atoms with E-state index in [0.29, 0.717) is 11.1 Å². The number of aromatic nitrogens is 1. The van der Waals surface area contributed by atoms with E-state index in [1.165, 1.54) is 0 Å². The van der Waals surface area contributed by atoms with Gasteiger partial charge in [-0.3, -0.25) is 24.3 Å². The molecule has 1 aliphatic rings. The maximum absolute atomic E-state index is 12.2. The van der Waals surface area contributed by atoms with Gasteiger partial charge in [0, 0.05) is 25.4 Å². The van der Waals surface area contributed by atoms with Gasteiger partial charge in [0.05, 0.1) is 17.2 Å². The summed E-state index contributed by atoms with van der Waals surface area (Å²) in [7, 11) is 0. The Balaban J connectivity index is 1.58. The van der Waals surface area contributed by atoms with Crippen LogP contribution in [0.5, 0.6) is 0 Å². The molecule has 3 amide bonds. The van der Waals surface area contributed by atoms with Crippen molar-refractivity contribution >= 4 is 17.7 Å². The van der Waals surface area contributed by atoms with Gasteiger partial charge in [-0.15, -0.1) is 0 Å². The number of carbonyl (C=O) groups is 3. The standard InChI is InChI=1S/C18H17N3O3/c1-12(13-5-4-9-19-11-13)20-16(22)8-10-21-17(23)14-6-2-3-7-15(14)18(21)24/h2-7,9,11-12H,8,10H2,1H3,(H,20,22)/t12-/m1/s1. The van der Waals surface area contributed by atoms with E-state index in [-0.39, 0.29) is 36.7 Å². The van der Waals surface area contributed by atoms with E-state index in [4.69, 9.17) is 0 Å². The maximum Gasteiger partial charge on any atom is 0.261 e. The van der Waals surface area contributed by atoms with Crippen LogP contribution < -0.4 is 5.32 Å². The Kier molecular flexibility index (Phi) is 4.37. The molecule has 0 saturated heterocycles. The Morgan fingerprint density at radius 3 is 2.38 bits per heavy atom. The Hall–Kier alpha value is -3.02. The van der Waals surface area contributed by atoms with E-state index in [9.17, 15) is 14.4 Å². The highest BCUT2D eigenvalue weighted by atomic mass is 16.2. The normalized spacial score (nSPS) is 14.5. The summed E-state index contributed by atoms with van der Waals surface area (Å²) in [6, 6.07) is 10.2. The SMILES string of the molecule is C[C@@H](NC(=O)CCN1C(=O)c2ccccc2C1=O)c1cccnc1. The summed E-state index contributed by atoms with van der Waals surface area (Å²) < 4.78 is 0. The van der Waals surface area contributed by atoms with E-state index in [2.05, 4.69) is 10.3 Å². The Morgan fingerprint density at radius 1 is 1.12 bits per heavy atom. The molecule has 3 rings (SSSR count). The molecular weight excluding hydrogens is 306 g/mol. The number of hydrogen-bond donors (Lipinski definition) is 1. The molecule has 2 heterocycles. The third kappa shape index (κ3) is 3.03. The average Bonchev–Trinajstić information content (AvgIpc) is 2.85. The van der Waals surface area contributed by atoms with Crippen molar-refractivity contribution in [1.82, 2.24) is 15.2 Å². The number of fused-ring (bicyclic) bond motifs is 1. The molecule has 24 heavy (non-hydrogen) atoms. The number of imide groups is 1. The van der Waals surface area contributed by atoms with Crippen LogP contribution in [-0.4, -0.2) is 34.2 Å². The number of pyridine rings is 1. The van der Waals surface area contributed by atoms with E-state index in [0.717, 1.165) is 10.5 Å². The fourth-order valence-electron chi connectivity index (χ4n) is 2.68. The topological polar surface area (TPSA) is 79.4 Å². The van der Waals surface area contributed by atoms with Crippen LogP contribution in [0.25, 0.3) is 0 Å². The number of amides is 3. The zero-order valence-corrected chi connectivity index (χ0v) is 13.2. The van der Waals surface area contributed by atoms with Gasteiger partial charge in [-0.2, -0.15) is 0 Å². The minimum atomic E-state index is -0.344. The average molecular weight is 323 g/mol. The highest BCUT2D eigenvalue weighted by Gasteiger charge is 2.34. The quantitative estimate of drug-likeness (QED) is 0.853. The lowest BCUT2D eigenvalue weighted by atomic mass is 10.1. The van der Waals surface area contributed by atoms with E-state index in [1.807, 2.05) is 13.0 Å². The van der Waals surface area contributed by atoms with Gasteiger partial charge < -0.3 is 5.32 Å². The van der Waals surface area contributed by atoms with Crippen LogP contribution in [0.1, 0.15) is 45.7 Å². The molecule has 0 saturated carbocycles. The van der Waals surface area contributed by atoms with Crippen molar-refractivity contribution in [1.29, 1.82) is 0 Å². The molecule has 1 atom stereocenters. The molecule has 122 valence electrons. The third-order valence-electron chi connectivity index (χ3n) is 4.00. The molecule has 1 aliphatic heterocycles. The van der Waals surface area contributed by atoms with Crippen molar-refractivity contribution in [3.63, 3.8) is 0 Å². The smallest absolute Gasteiger partial charge is 0.261 e. The fourth-order valence-corrected chi connectivity index (χ4v) is 2.68. The molecule has 1 aromatic carbocycles. The van der Waals surface area contributed by atoms with Gasteiger partial charge in [0.15, 0.2) is 0 Å². The Morgan fingerprint density at radius 2 is 1.79 bits per heavy atom. The zero-order chi connectivity index (χ0) is 17.1. The summed E-state index contributed by atoms with van der Waals surface area (Å²) >= 11 is 0. The van der Waals surface area contributed by atoms with Crippen LogP contribution in [0.15, 0.2) is 48.8 Å². The van der Waals surface area contributed by atoms with Crippen LogP contribution in [-0.2, 0) is 4.79 Å². The van der Waals surface area contributed by atoms with Gasteiger partial charge in [0.1, 0.15) is 0 Å². The first-order valence-electron chi connectivity index (χ1n) is 7.72. The molecule has 1 N–H and O–H groups in total. The van der Waals surface area contributed by atoms with E-state index < -0.39 is 0 Å². The fraction of sp³-hybridized carbons (Fsp3) is 0.222. The summed E-state index contributed by atoms with van der Waals surface area (Å²) in [4.78, 5) is 41.7. The zero-order valence-electron chi connectivity index (χ0n) is 13.2. The van der Waals surface area contributed by atoms with Gasteiger partial charge in [0.25, 0.3) is 11.8 Å². The summed E-state index contributed by atoms with van der Waals surface area (Å²) in [6.45, 7) is 1.93. The third-order valence-corrected chi connectivity index (χ3v) is 4.00. The van der Waals surface area contributed by atoms with Gasteiger partial charge in [-0.25, -0.2) is 0 Å². The lowest BCUT2D eigenvalue weighted by molar-refractivity contribution is -0.121. The molecular formula is C18H17N3O3. The van der Waals surface area contributed by atoms with Crippen molar-refractivity contribution < 1.29 is 14.4 Å². The molecule has 0 radical (unpaired) electrons. The van der Waals surface area contributed by atoms with Crippen molar-refractivity contribution in [2.24, 2.45) is 0 Å². The Labute approximate surface area is 139 Å². The van der Waals surface area contributed by atoms with Crippen molar-refractivity contribution in [3.05, 3.63) is 65.5 Å². The van der Waals surface area contributed by atoms with Gasteiger partial charge >= 0.3 is 0 Å². The number of hydrogen-bond acceptors (Lipinski definition) is 4. The first-order valence-corrected chi connectivity index (χ1v) is 7.72. The molecule has 6 nitrogen and oxygen atoms in total. The predicted molar refractivity (Wildman–Crippen MR) is 87.2 cm³/mol. The second kappa shape index (κ2) is 6.62. The first kappa shape index (κ1) is 15.9. The molecule has 0 fully saturated rings. The summed E-state index contributed by atoms with van der Waals surface area (Å²) in [5, 5.41) is 2.84. The predicted octanol–water partition coefficient (Wildman–Crippen LogP) is 1.95.